The van der Waals surface area contributed by atoms with E-state index < -0.39 is 16.5 Å². The molecular formula is C9H10N2O5. The third-order valence-electron chi connectivity index (χ3n) is 2.23. The summed E-state index contributed by atoms with van der Waals surface area (Å²) in [5, 5.41) is 30.3. The topological polar surface area (TPSA) is 107 Å². The number of nitro benzene ring substituents is 2. The number of rotatable bonds is 4. The van der Waals surface area contributed by atoms with Crippen molar-refractivity contribution >= 4 is 11.4 Å². The lowest BCUT2D eigenvalue weighted by atomic mass is 10.0. The largest absolute Gasteiger partial charge is 0.392 e. The third-order valence-corrected chi connectivity index (χ3v) is 2.23. The number of benzene rings is 1. The van der Waals surface area contributed by atoms with Gasteiger partial charge in [-0.05, 0) is 12.0 Å². The SMILES string of the molecule is CCc1c(CO)cc([N+](=O)[O-])cc1[N+](=O)[O-]. The Kier molecular flexibility index (Phi) is 3.51. The number of hydrogen-bond donors (Lipinski definition) is 1. The van der Waals surface area contributed by atoms with Gasteiger partial charge in [-0.3, -0.25) is 20.2 Å². The van der Waals surface area contributed by atoms with Gasteiger partial charge >= 0.3 is 0 Å². The molecule has 1 rings (SSSR count). The van der Waals surface area contributed by atoms with E-state index in [1.165, 1.54) is 0 Å². The van der Waals surface area contributed by atoms with Crippen molar-refractivity contribution in [1.29, 1.82) is 0 Å². The van der Waals surface area contributed by atoms with E-state index in [4.69, 9.17) is 5.11 Å². The number of aliphatic hydroxyl groups is 1. The van der Waals surface area contributed by atoms with Crippen molar-refractivity contribution in [2.75, 3.05) is 0 Å². The van der Waals surface area contributed by atoms with Crippen molar-refractivity contribution in [3.05, 3.63) is 43.5 Å². The Morgan fingerprint density at radius 3 is 2.25 bits per heavy atom. The monoisotopic (exact) mass is 226 g/mol. The maximum atomic E-state index is 10.7. The van der Waals surface area contributed by atoms with Crippen LogP contribution in [0.5, 0.6) is 0 Å². The molecule has 0 fully saturated rings. The van der Waals surface area contributed by atoms with Crippen molar-refractivity contribution in [1.82, 2.24) is 0 Å². The minimum absolute atomic E-state index is 0.225. The van der Waals surface area contributed by atoms with E-state index in [0.717, 1.165) is 12.1 Å². The fraction of sp³-hybridized carbons (Fsp3) is 0.333. The first-order valence-corrected chi connectivity index (χ1v) is 4.56. The Labute approximate surface area is 90.6 Å². The van der Waals surface area contributed by atoms with Gasteiger partial charge in [0.2, 0.25) is 0 Å². The molecule has 0 saturated heterocycles. The molecule has 0 aliphatic carbocycles. The fourth-order valence-electron chi connectivity index (χ4n) is 1.52. The van der Waals surface area contributed by atoms with E-state index in [1.807, 2.05) is 0 Å². The van der Waals surface area contributed by atoms with E-state index in [0.29, 0.717) is 12.0 Å². The summed E-state index contributed by atoms with van der Waals surface area (Å²) in [6.07, 6.45) is 0.338. The van der Waals surface area contributed by atoms with Gasteiger partial charge in [-0.2, -0.15) is 0 Å². The third kappa shape index (κ3) is 2.14. The van der Waals surface area contributed by atoms with Crippen molar-refractivity contribution in [2.24, 2.45) is 0 Å². The van der Waals surface area contributed by atoms with Gasteiger partial charge in [0.25, 0.3) is 11.4 Å². The number of hydrogen-bond acceptors (Lipinski definition) is 5. The molecule has 0 saturated carbocycles. The number of nitro groups is 2. The van der Waals surface area contributed by atoms with Crippen molar-refractivity contribution in [3.63, 3.8) is 0 Å². The maximum absolute atomic E-state index is 10.7. The zero-order valence-corrected chi connectivity index (χ0v) is 8.54. The van der Waals surface area contributed by atoms with E-state index in [2.05, 4.69) is 0 Å². The lowest BCUT2D eigenvalue weighted by molar-refractivity contribution is -0.394. The van der Waals surface area contributed by atoms with E-state index in [-0.39, 0.29) is 16.9 Å². The second-order valence-electron chi connectivity index (χ2n) is 3.13. The predicted molar refractivity (Wildman–Crippen MR) is 55.1 cm³/mol. The quantitative estimate of drug-likeness (QED) is 0.619. The first-order valence-electron chi connectivity index (χ1n) is 4.56. The van der Waals surface area contributed by atoms with E-state index >= 15 is 0 Å². The number of nitrogens with zero attached hydrogens (tertiary/aromatic N) is 2. The molecular weight excluding hydrogens is 216 g/mol. The summed E-state index contributed by atoms with van der Waals surface area (Å²) in [4.78, 5) is 19.9. The lowest BCUT2D eigenvalue weighted by Crippen LogP contribution is -2.02. The molecule has 7 nitrogen and oxygen atoms in total. The molecule has 1 aromatic carbocycles. The van der Waals surface area contributed by atoms with Crippen LogP contribution >= 0.6 is 0 Å². The summed E-state index contributed by atoms with van der Waals surface area (Å²) in [6.45, 7) is 1.24. The van der Waals surface area contributed by atoms with Crippen LogP contribution in [0.15, 0.2) is 12.1 Å². The van der Waals surface area contributed by atoms with Gasteiger partial charge in [0.1, 0.15) is 0 Å². The summed E-state index contributed by atoms with van der Waals surface area (Å²) < 4.78 is 0. The molecule has 0 aliphatic rings. The minimum atomic E-state index is -0.717. The highest BCUT2D eigenvalue weighted by Gasteiger charge is 2.22. The molecule has 0 heterocycles. The van der Waals surface area contributed by atoms with Crippen LogP contribution in [0.4, 0.5) is 11.4 Å². The van der Waals surface area contributed by atoms with E-state index in [9.17, 15) is 20.2 Å². The lowest BCUT2D eigenvalue weighted by Gasteiger charge is -2.05. The number of non-ortho nitro benzene ring substituents is 1. The van der Waals surface area contributed by atoms with Gasteiger partial charge in [0, 0.05) is 11.6 Å². The van der Waals surface area contributed by atoms with Crippen LogP contribution in [-0.4, -0.2) is 15.0 Å². The van der Waals surface area contributed by atoms with Gasteiger partial charge in [-0.25, -0.2) is 0 Å². The van der Waals surface area contributed by atoms with Crippen molar-refractivity contribution < 1.29 is 15.0 Å². The zero-order valence-electron chi connectivity index (χ0n) is 8.54. The van der Waals surface area contributed by atoms with Crippen LogP contribution in [0.1, 0.15) is 18.1 Å². The van der Waals surface area contributed by atoms with E-state index in [1.54, 1.807) is 6.92 Å². The standard InChI is InChI=1S/C9H10N2O5/c1-2-8-6(5-12)3-7(10(13)14)4-9(8)11(15)16/h3-4,12H,2,5H2,1H3. The molecule has 1 aromatic rings. The molecule has 16 heavy (non-hydrogen) atoms. The predicted octanol–water partition coefficient (Wildman–Crippen LogP) is 1.56. The van der Waals surface area contributed by atoms with Gasteiger partial charge in [0.05, 0.1) is 22.5 Å². The molecule has 0 radical (unpaired) electrons. The Hall–Kier alpha value is -2.02. The fourth-order valence-corrected chi connectivity index (χ4v) is 1.52. The smallest absolute Gasteiger partial charge is 0.279 e. The van der Waals surface area contributed by atoms with Gasteiger partial charge in [-0.1, -0.05) is 6.92 Å². The van der Waals surface area contributed by atoms with Gasteiger partial charge < -0.3 is 5.11 Å². The Morgan fingerprint density at radius 1 is 1.25 bits per heavy atom. The molecule has 0 aromatic heterocycles. The first kappa shape index (κ1) is 12.1. The highest BCUT2D eigenvalue weighted by atomic mass is 16.6. The molecule has 0 aliphatic heterocycles. The highest BCUT2D eigenvalue weighted by Crippen LogP contribution is 2.29. The normalized spacial score (nSPS) is 10.1. The van der Waals surface area contributed by atoms with Crippen LogP contribution in [0.2, 0.25) is 0 Å². The summed E-state index contributed by atoms with van der Waals surface area (Å²) in [6, 6.07) is 2.07. The van der Waals surface area contributed by atoms with Gasteiger partial charge in [0.15, 0.2) is 0 Å². The number of aliphatic hydroxyl groups excluding tert-OH is 1. The second kappa shape index (κ2) is 4.67. The summed E-state index contributed by atoms with van der Waals surface area (Å²) in [7, 11) is 0. The van der Waals surface area contributed by atoms with Gasteiger partial charge in [-0.15, -0.1) is 0 Å². The van der Waals surface area contributed by atoms with Crippen LogP contribution in [0, 0.1) is 20.2 Å². The molecule has 1 N–H and O–H groups in total. The molecule has 0 atom stereocenters. The zero-order chi connectivity index (χ0) is 12.3. The highest BCUT2D eigenvalue weighted by molar-refractivity contribution is 5.53. The molecule has 0 unspecified atom stereocenters. The summed E-state index contributed by atoms with van der Waals surface area (Å²) in [5.74, 6) is 0. The minimum Gasteiger partial charge on any atom is -0.392 e. The van der Waals surface area contributed by atoms with Crippen molar-refractivity contribution in [2.45, 2.75) is 20.0 Å². The summed E-state index contributed by atoms with van der Waals surface area (Å²) in [5.41, 5.74) is -0.143. The molecule has 0 spiro atoms. The average molecular weight is 226 g/mol. The Bertz CT molecular complexity index is 444. The first-order chi connectivity index (χ1) is 7.51. The average Bonchev–Trinajstić information content (AvgIpc) is 2.26. The summed E-state index contributed by atoms with van der Waals surface area (Å²) >= 11 is 0. The maximum Gasteiger partial charge on any atom is 0.279 e. The Balaban J connectivity index is 3.49. The molecule has 7 heteroatoms. The van der Waals surface area contributed by atoms with Crippen LogP contribution in [-0.2, 0) is 13.0 Å². The van der Waals surface area contributed by atoms with Crippen LogP contribution in [0.3, 0.4) is 0 Å². The van der Waals surface area contributed by atoms with Crippen LogP contribution < -0.4 is 0 Å². The Morgan fingerprint density at radius 2 is 1.88 bits per heavy atom. The molecule has 0 bridgehead atoms. The van der Waals surface area contributed by atoms with Crippen LogP contribution in [0.25, 0.3) is 0 Å². The molecule has 0 amide bonds. The second-order valence-corrected chi connectivity index (χ2v) is 3.13. The molecule has 86 valence electrons. The van der Waals surface area contributed by atoms with Crippen molar-refractivity contribution in [3.8, 4) is 0 Å².